The van der Waals surface area contributed by atoms with Crippen LogP contribution in [0, 0.1) is 6.92 Å². The maximum Gasteiger partial charge on any atom is 0.119 e. The average Bonchev–Trinajstić information content (AvgIpc) is 2.37. The highest BCUT2D eigenvalue weighted by atomic mass is 35.5. The lowest BCUT2D eigenvalue weighted by Crippen LogP contribution is -2.11. The molecule has 0 unspecified atom stereocenters. The van der Waals surface area contributed by atoms with E-state index in [1.165, 1.54) is 5.56 Å². The van der Waals surface area contributed by atoms with E-state index < -0.39 is 0 Å². The number of hydrogen-bond acceptors (Lipinski definition) is 3. The van der Waals surface area contributed by atoms with Gasteiger partial charge in [0.15, 0.2) is 0 Å². The van der Waals surface area contributed by atoms with Gasteiger partial charge in [-0.25, -0.2) is 0 Å². The van der Waals surface area contributed by atoms with Crippen LogP contribution in [0.25, 0.3) is 0 Å². The Kier molecular flexibility index (Phi) is 4.53. The fraction of sp³-hybridized carbons (Fsp3) is 0.200. The van der Waals surface area contributed by atoms with E-state index in [0.717, 1.165) is 11.4 Å². The molecule has 0 amide bonds. The Balaban J connectivity index is 1.81. The van der Waals surface area contributed by atoms with E-state index in [2.05, 4.69) is 5.32 Å². The number of hydrogen-bond donors (Lipinski definition) is 2. The van der Waals surface area contributed by atoms with Crippen LogP contribution in [0.4, 0.5) is 11.4 Å². The Labute approximate surface area is 118 Å². The van der Waals surface area contributed by atoms with Gasteiger partial charge >= 0.3 is 0 Å². The van der Waals surface area contributed by atoms with Crippen LogP contribution in [0.15, 0.2) is 42.5 Å². The fourth-order valence-corrected chi connectivity index (χ4v) is 1.99. The first-order valence-electron chi connectivity index (χ1n) is 6.13. The monoisotopic (exact) mass is 276 g/mol. The molecule has 0 aliphatic heterocycles. The van der Waals surface area contributed by atoms with Gasteiger partial charge in [-0.15, -0.1) is 0 Å². The Morgan fingerprint density at radius 2 is 2.05 bits per heavy atom. The number of benzene rings is 2. The van der Waals surface area contributed by atoms with Crippen molar-refractivity contribution in [2.75, 3.05) is 24.2 Å². The molecule has 19 heavy (non-hydrogen) atoms. The second kappa shape index (κ2) is 6.34. The second-order valence-electron chi connectivity index (χ2n) is 4.33. The summed E-state index contributed by atoms with van der Waals surface area (Å²) in [6, 6.07) is 13.4. The van der Waals surface area contributed by atoms with Crippen molar-refractivity contribution < 1.29 is 4.74 Å². The van der Waals surface area contributed by atoms with Crippen LogP contribution < -0.4 is 15.8 Å². The molecule has 2 rings (SSSR count). The van der Waals surface area contributed by atoms with Crippen LogP contribution in [0.1, 0.15) is 5.56 Å². The molecule has 0 aliphatic carbocycles. The van der Waals surface area contributed by atoms with Crippen LogP contribution in [0.2, 0.25) is 5.02 Å². The number of aryl methyl sites for hydroxylation is 1. The zero-order valence-electron chi connectivity index (χ0n) is 10.8. The molecule has 100 valence electrons. The molecule has 0 aromatic heterocycles. The summed E-state index contributed by atoms with van der Waals surface area (Å²) in [7, 11) is 0. The van der Waals surface area contributed by atoms with Gasteiger partial charge in [-0.1, -0.05) is 23.7 Å². The van der Waals surface area contributed by atoms with Crippen molar-refractivity contribution in [3.05, 3.63) is 53.1 Å². The van der Waals surface area contributed by atoms with E-state index in [-0.39, 0.29) is 0 Å². The van der Waals surface area contributed by atoms with E-state index >= 15 is 0 Å². The molecule has 0 heterocycles. The quantitative estimate of drug-likeness (QED) is 0.646. The zero-order valence-corrected chi connectivity index (χ0v) is 11.6. The summed E-state index contributed by atoms with van der Waals surface area (Å²) in [5.41, 5.74) is 8.35. The van der Waals surface area contributed by atoms with Gasteiger partial charge in [-0.2, -0.15) is 0 Å². The molecule has 2 aromatic rings. The highest BCUT2D eigenvalue weighted by Gasteiger charge is 2.00. The predicted octanol–water partition coefficient (Wildman–Crippen LogP) is 3.72. The minimum Gasteiger partial charge on any atom is -0.492 e. The lowest BCUT2D eigenvalue weighted by Gasteiger charge is -2.10. The molecular formula is C15H17ClN2O. The molecule has 0 spiro atoms. The molecule has 3 N–H and O–H groups in total. The fourth-order valence-electron chi connectivity index (χ4n) is 1.73. The second-order valence-corrected chi connectivity index (χ2v) is 4.74. The normalized spacial score (nSPS) is 10.2. The Morgan fingerprint density at radius 3 is 2.79 bits per heavy atom. The van der Waals surface area contributed by atoms with E-state index in [1.807, 2.05) is 43.3 Å². The molecule has 0 atom stereocenters. The van der Waals surface area contributed by atoms with E-state index in [1.54, 1.807) is 6.07 Å². The summed E-state index contributed by atoms with van der Waals surface area (Å²) in [4.78, 5) is 0. The SMILES string of the molecule is Cc1cccc(OCCNc2ccc(N)cc2Cl)c1. The topological polar surface area (TPSA) is 47.3 Å². The number of ether oxygens (including phenoxy) is 1. The van der Waals surface area contributed by atoms with Gasteiger partial charge in [0.05, 0.1) is 10.7 Å². The molecule has 2 aromatic carbocycles. The van der Waals surface area contributed by atoms with E-state index in [0.29, 0.717) is 23.9 Å². The van der Waals surface area contributed by atoms with E-state index in [9.17, 15) is 0 Å². The minimum absolute atomic E-state index is 0.574. The first-order chi connectivity index (χ1) is 9.15. The molecule has 4 heteroatoms. The summed E-state index contributed by atoms with van der Waals surface area (Å²) >= 11 is 6.06. The van der Waals surface area contributed by atoms with Crippen molar-refractivity contribution in [2.24, 2.45) is 0 Å². The smallest absolute Gasteiger partial charge is 0.119 e. The van der Waals surface area contributed by atoms with Gasteiger partial charge in [0.2, 0.25) is 0 Å². The van der Waals surface area contributed by atoms with Crippen molar-refractivity contribution in [3.8, 4) is 5.75 Å². The van der Waals surface area contributed by atoms with Crippen LogP contribution >= 0.6 is 11.6 Å². The molecule has 3 nitrogen and oxygen atoms in total. The molecule has 0 saturated carbocycles. The van der Waals surface area contributed by atoms with Crippen molar-refractivity contribution in [2.45, 2.75) is 6.92 Å². The maximum absolute atomic E-state index is 6.06. The van der Waals surface area contributed by atoms with Crippen molar-refractivity contribution >= 4 is 23.0 Å². The van der Waals surface area contributed by atoms with Crippen LogP contribution in [-0.2, 0) is 0 Å². The summed E-state index contributed by atoms with van der Waals surface area (Å²) in [6.45, 7) is 3.29. The Hall–Kier alpha value is -1.87. The van der Waals surface area contributed by atoms with Crippen molar-refractivity contribution in [1.82, 2.24) is 0 Å². The van der Waals surface area contributed by atoms with Gasteiger partial charge < -0.3 is 15.8 Å². The highest BCUT2D eigenvalue weighted by Crippen LogP contribution is 2.23. The summed E-state index contributed by atoms with van der Waals surface area (Å²) in [5, 5.41) is 3.83. The molecule has 0 aliphatic rings. The zero-order chi connectivity index (χ0) is 13.7. The first kappa shape index (κ1) is 13.6. The van der Waals surface area contributed by atoms with Gasteiger partial charge in [0.25, 0.3) is 0 Å². The summed E-state index contributed by atoms with van der Waals surface area (Å²) in [6.07, 6.45) is 0. The lowest BCUT2D eigenvalue weighted by atomic mass is 10.2. The van der Waals surface area contributed by atoms with Crippen LogP contribution in [0.3, 0.4) is 0 Å². The number of halogens is 1. The molecule has 0 fully saturated rings. The molecule has 0 saturated heterocycles. The highest BCUT2D eigenvalue weighted by molar-refractivity contribution is 6.33. The van der Waals surface area contributed by atoms with E-state index in [4.69, 9.17) is 22.1 Å². The standard InChI is InChI=1S/C15H17ClN2O/c1-11-3-2-4-13(9-11)19-8-7-18-15-6-5-12(17)10-14(15)16/h2-6,9-10,18H,7-8,17H2,1H3. The average molecular weight is 277 g/mol. The Bertz CT molecular complexity index is 558. The number of nitrogens with two attached hydrogens (primary N) is 1. The lowest BCUT2D eigenvalue weighted by molar-refractivity contribution is 0.332. The predicted molar refractivity (Wildman–Crippen MR) is 81.0 cm³/mol. The van der Waals surface area contributed by atoms with Crippen molar-refractivity contribution in [3.63, 3.8) is 0 Å². The third kappa shape index (κ3) is 4.07. The number of anilines is 2. The maximum atomic E-state index is 6.06. The first-order valence-corrected chi connectivity index (χ1v) is 6.51. The molecule has 0 radical (unpaired) electrons. The summed E-state index contributed by atoms with van der Waals surface area (Å²) < 4.78 is 5.64. The van der Waals surface area contributed by atoms with Crippen molar-refractivity contribution in [1.29, 1.82) is 0 Å². The molecular weight excluding hydrogens is 260 g/mol. The van der Waals surface area contributed by atoms with Gasteiger partial charge in [0.1, 0.15) is 12.4 Å². The third-order valence-electron chi connectivity index (χ3n) is 2.67. The van der Waals surface area contributed by atoms with Crippen LogP contribution in [-0.4, -0.2) is 13.2 Å². The number of rotatable bonds is 5. The number of nitrogen functional groups attached to an aromatic ring is 1. The van der Waals surface area contributed by atoms with Gasteiger partial charge in [-0.3, -0.25) is 0 Å². The largest absolute Gasteiger partial charge is 0.492 e. The molecule has 0 bridgehead atoms. The third-order valence-corrected chi connectivity index (χ3v) is 2.98. The minimum atomic E-state index is 0.574. The summed E-state index contributed by atoms with van der Waals surface area (Å²) in [5.74, 6) is 0.880. The Morgan fingerprint density at radius 1 is 1.21 bits per heavy atom. The van der Waals surface area contributed by atoms with Gasteiger partial charge in [-0.05, 0) is 42.8 Å². The van der Waals surface area contributed by atoms with Crippen LogP contribution in [0.5, 0.6) is 5.75 Å². The number of nitrogens with one attached hydrogen (secondary N) is 1. The van der Waals surface area contributed by atoms with Gasteiger partial charge in [0, 0.05) is 12.2 Å².